The number of fused-ring (bicyclic) bond motifs is 5. The van der Waals surface area contributed by atoms with Crippen molar-refractivity contribution in [3.8, 4) is 0 Å². The fourth-order valence-corrected chi connectivity index (χ4v) is 8.21. The standard InChI is InChI=1S/C25H38N2O/c1-4-27-19(11-14-26-27)15-17-16-22-20-9-8-18-7-5-6-12-24(18,2)21(20)10-13-25(22,3)23(17)28/h11,14-15,18,20-23,28H,4-10,12-13,16H2,1-3H3/b17-15+/t18-,20+,21-,22-,23+,24+,25-/m1/s1. The van der Waals surface area contributed by atoms with Crippen LogP contribution in [0.1, 0.15) is 84.3 Å². The van der Waals surface area contributed by atoms with Gasteiger partial charge in [-0.1, -0.05) is 26.7 Å². The molecule has 154 valence electrons. The first kappa shape index (κ1) is 18.9. The van der Waals surface area contributed by atoms with Gasteiger partial charge in [0, 0.05) is 18.2 Å². The molecule has 4 fully saturated rings. The number of aliphatic hydroxyl groups is 1. The molecule has 1 heterocycles. The molecular formula is C25H38N2O. The van der Waals surface area contributed by atoms with Gasteiger partial charge < -0.3 is 5.11 Å². The highest BCUT2D eigenvalue weighted by molar-refractivity contribution is 5.52. The molecule has 1 aromatic heterocycles. The Hall–Kier alpha value is -1.09. The topological polar surface area (TPSA) is 38.0 Å². The third-order valence-corrected chi connectivity index (χ3v) is 9.83. The van der Waals surface area contributed by atoms with Crippen LogP contribution in [0.5, 0.6) is 0 Å². The van der Waals surface area contributed by atoms with E-state index >= 15 is 0 Å². The minimum atomic E-state index is -0.282. The van der Waals surface area contributed by atoms with E-state index in [4.69, 9.17) is 0 Å². The average Bonchev–Trinajstić information content (AvgIpc) is 3.24. The quantitative estimate of drug-likeness (QED) is 0.713. The van der Waals surface area contributed by atoms with Crippen molar-refractivity contribution in [1.82, 2.24) is 9.78 Å². The highest BCUT2D eigenvalue weighted by Crippen LogP contribution is 2.67. The van der Waals surface area contributed by atoms with Gasteiger partial charge in [0.05, 0.1) is 11.8 Å². The molecular weight excluding hydrogens is 344 g/mol. The number of aromatic nitrogens is 2. The van der Waals surface area contributed by atoms with Crippen molar-refractivity contribution < 1.29 is 5.11 Å². The van der Waals surface area contributed by atoms with Crippen molar-refractivity contribution in [2.75, 3.05) is 0 Å². The van der Waals surface area contributed by atoms with Gasteiger partial charge in [-0.05, 0) is 98.7 Å². The Labute approximate surface area is 170 Å². The highest BCUT2D eigenvalue weighted by atomic mass is 16.3. The lowest BCUT2D eigenvalue weighted by Gasteiger charge is -2.60. The second kappa shape index (κ2) is 6.72. The van der Waals surface area contributed by atoms with Gasteiger partial charge in [0.15, 0.2) is 0 Å². The fourth-order valence-electron chi connectivity index (χ4n) is 8.21. The van der Waals surface area contributed by atoms with Crippen LogP contribution in [0.4, 0.5) is 0 Å². The van der Waals surface area contributed by atoms with Gasteiger partial charge in [-0.15, -0.1) is 0 Å². The molecule has 28 heavy (non-hydrogen) atoms. The van der Waals surface area contributed by atoms with Crippen LogP contribution in [-0.2, 0) is 6.54 Å². The summed E-state index contributed by atoms with van der Waals surface area (Å²) in [4.78, 5) is 0. The van der Waals surface area contributed by atoms with E-state index in [-0.39, 0.29) is 11.5 Å². The van der Waals surface area contributed by atoms with E-state index in [2.05, 4.69) is 38.0 Å². The maximum absolute atomic E-state index is 11.4. The summed E-state index contributed by atoms with van der Waals surface area (Å²) < 4.78 is 2.04. The second-order valence-electron chi connectivity index (χ2n) is 10.8. The van der Waals surface area contributed by atoms with Gasteiger partial charge in [-0.25, -0.2) is 0 Å². The van der Waals surface area contributed by atoms with Gasteiger partial charge in [-0.3, -0.25) is 4.68 Å². The third kappa shape index (κ3) is 2.61. The second-order valence-corrected chi connectivity index (χ2v) is 10.8. The summed E-state index contributed by atoms with van der Waals surface area (Å²) in [6.07, 6.45) is 16.1. The molecule has 4 saturated carbocycles. The lowest BCUT2D eigenvalue weighted by Crippen LogP contribution is -2.53. The summed E-state index contributed by atoms with van der Waals surface area (Å²) in [5, 5.41) is 15.8. The predicted octanol–water partition coefficient (Wildman–Crippen LogP) is 5.69. The van der Waals surface area contributed by atoms with Crippen molar-refractivity contribution >= 4 is 6.08 Å². The SMILES string of the molecule is CCn1nccc1/C=C1\C[C@@H]2[C@H]3CC[C@H]4CCCC[C@]4(C)[C@@H]3CC[C@@]2(C)[C@H]1O. The molecule has 5 rings (SSSR count). The minimum Gasteiger partial charge on any atom is -0.388 e. The molecule has 1 N–H and O–H groups in total. The molecule has 0 bridgehead atoms. The molecule has 3 nitrogen and oxygen atoms in total. The van der Waals surface area contributed by atoms with Gasteiger partial charge in [0.1, 0.15) is 0 Å². The molecule has 0 unspecified atom stereocenters. The van der Waals surface area contributed by atoms with E-state index in [1.165, 1.54) is 56.9 Å². The van der Waals surface area contributed by atoms with Crippen LogP contribution >= 0.6 is 0 Å². The van der Waals surface area contributed by atoms with E-state index in [1.54, 1.807) is 0 Å². The Morgan fingerprint density at radius 3 is 2.79 bits per heavy atom. The molecule has 3 heteroatoms. The zero-order valence-electron chi connectivity index (χ0n) is 18.0. The van der Waals surface area contributed by atoms with Crippen molar-refractivity contribution in [2.45, 2.75) is 91.2 Å². The minimum absolute atomic E-state index is 0.0714. The van der Waals surface area contributed by atoms with E-state index < -0.39 is 0 Å². The van der Waals surface area contributed by atoms with Crippen molar-refractivity contribution in [1.29, 1.82) is 0 Å². The number of rotatable bonds is 2. The van der Waals surface area contributed by atoms with Gasteiger partial charge in [0.25, 0.3) is 0 Å². The van der Waals surface area contributed by atoms with E-state index in [1.807, 2.05) is 10.9 Å². The molecule has 0 spiro atoms. The Morgan fingerprint density at radius 1 is 1.11 bits per heavy atom. The van der Waals surface area contributed by atoms with Crippen LogP contribution in [0.3, 0.4) is 0 Å². The summed E-state index contributed by atoms with van der Waals surface area (Å²) in [7, 11) is 0. The number of nitrogens with zero attached hydrogens (tertiary/aromatic N) is 2. The Kier molecular flexibility index (Phi) is 4.54. The average molecular weight is 383 g/mol. The molecule has 0 aromatic carbocycles. The number of hydrogen-bond donors (Lipinski definition) is 1. The molecule has 0 aliphatic heterocycles. The highest BCUT2D eigenvalue weighted by Gasteiger charge is 2.60. The van der Waals surface area contributed by atoms with E-state index in [0.29, 0.717) is 11.3 Å². The van der Waals surface area contributed by atoms with Crippen LogP contribution in [0.2, 0.25) is 0 Å². The number of aryl methyl sites for hydroxylation is 1. The molecule has 7 atom stereocenters. The first-order valence-electron chi connectivity index (χ1n) is 11.9. The molecule has 0 amide bonds. The summed E-state index contributed by atoms with van der Waals surface area (Å²) in [5.41, 5.74) is 3.06. The van der Waals surface area contributed by atoms with Crippen LogP contribution in [-0.4, -0.2) is 21.0 Å². The number of aliphatic hydroxyl groups excluding tert-OH is 1. The van der Waals surface area contributed by atoms with Crippen molar-refractivity contribution in [3.63, 3.8) is 0 Å². The van der Waals surface area contributed by atoms with Gasteiger partial charge >= 0.3 is 0 Å². The molecule has 4 aliphatic carbocycles. The van der Waals surface area contributed by atoms with Crippen LogP contribution < -0.4 is 0 Å². The summed E-state index contributed by atoms with van der Waals surface area (Å²) in [6.45, 7) is 8.05. The van der Waals surface area contributed by atoms with E-state index in [0.717, 1.165) is 36.4 Å². The third-order valence-electron chi connectivity index (χ3n) is 9.83. The Balaban J connectivity index is 1.46. The van der Waals surface area contributed by atoms with Gasteiger partial charge in [0.2, 0.25) is 0 Å². The molecule has 4 aliphatic rings. The predicted molar refractivity (Wildman–Crippen MR) is 114 cm³/mol. The summed E-state index contributed by atoms with van der Waals surface area (Å²) in [6, 6.07) is 2.09. The Morgan fingerprint density at radius 2 is 1.96 bits per heavy atom. The largest absolute Gasteiger partial charge is 0.388 e. The van der Waals surface area contributed by atoms with Crippen molar-refractivity contribution in [2.24, 2.45) is 34.5 Å². The Bertz CT molecular complexity index is 766. The van der Waals surface area contributed by atoms with Crippen molar-refractivity contribution in [3.05, 3.63) is 23.5 Å². The molecule has 0 radical (unpaired) electrons. The van der Waals surface area contributed by atoms with Crippen LogP contribution in [0.15, 0.2) is 17.8 Å². The van der Waals surface area contributed by atoms with E-state index in [9.17, 15) is 5.11 Å². The smallest absolute Gasteiger partial charge is 0.0810 e. The fraction of sp³-hybridized carbons (Fsp3) is 0.800. The molecule has 0 saturated heterocycles. The van der Waals surface area contributed by atoms with Crippen LogP contribution in [0, 0.1) is 34.5 Å². The maximum atomic E-state index is 11.4. The normalized spacial score (nSPS) is 46.9. The van der Waals surface area contributed by atoms with Crippen LogP contribution in [0.25, 0.3) is 6.08 Å². The maximum Gasteiger partial charge on any atom is 0.0810 e. The number of hydrogen-bond acceptors (Lipinski definition) is 2. The first-order valence-corrected chi connectivity index (χ1v) is 11.9. The molecule has 1 aromatic rings. The zero-order chi connectivity index (χ0) is 19.5. The van der Waals surface area contributed by atoms with Gasteiger partial charge in [-0.2, -0.15) is 5.10 Å². The lowest BCUT2D eigenvalue weighted by atomic mass is 9.45. The zero-order valence-corrected chi connectivity index (χ0v) is 18.0. The summed E-state index contributed by atoms with van der Waals surface area (Å²) in [5.74, 6) is 3.32. The first-order chi connectivity index (χ1) is 13.5. The lowest BCUT2D eigenvalue weighted by molar-refractivity contribution is -0.119. The summed E-state index contributed by atoms with van der Waals surface area (Å²) >= 11 is 0. The monoisotopic (exact) mass is 382 g/mol.